The topological polar surface area (TPSA) is 74.1 Å². The van der Waals surface area contributed by atoms with Crippen LogP contribution in [0.1, 0.15) is 11.4 Å². The van der Waals surface area contributed by atoms with E-state index in [9.17, 15) is 0 Å². The molecule has 1 fully saturated rings. The Balaban J connectivity index is 1.33. The second-order valence-corrected chi connectivity index (χ2v) is 10.6. The Morgan fingerprint density at radius 1 is 1.06 bits per heavy atom. The van der Waals surface area contributed by atoms with E-state index >= 15 is 0 Å². The normalized spacial score (nSPS) is 15.1. The lowest BCUT2D eigenvalue weighted by Gasteiger charge is -2.32. The molecule has 4 aromatic rings. The van der Waals surface area contributed by atoms with Gasteiger partial charge in [-0.25, -0.2) is 15.0 Å². The van der Waals surface area contributed by atoms with Crippen LogP contribution >= 0.6 is 27.3 Å². The molecule has 3 aromatic heterocycles. The zero-order chi connectivity index (χ0) is 23.5. The van der Waals surface area contributed by atoms with Gasteiger partial charge >= 0.3 is 0 Å². The average Bonchev–Trinajstić information content (AvgIpc) is 3.40. The number of nitrogens with one attached hydrogen (secondary N) is 2. The molecule has 1 aliphatic rings. The van der Waals surface area contributed by atoms with Gasteiger partial charge in [-0.15, -0.1) is 0 Å². The zero-order valence-electron chi connectivity index (χ0n) is 19.5. The molecule has 34 heavy (non-hydrogen) atoms. The van der Waals surface area contributed by atoms with Gasteiger partial charge in [0, 0.05) is 62.7 Å². The predicted molar refractivity (Wildman–Crippen MR) is 143 cm³/mol. The number of aryl methyl sites for hydroxylation is 1. The number of thiazole rings is 1. The second-order valence-electron chi connectivity index (χ2n) is 8.68. The summed E-state index contributed by atoms with van der Waals surface area (Å²) in [6.07, 6.45) is 3.85. The number of nitrogens with zero attached hydrogens (tertiary/aromatic N) is 6. The summed E-state index contributed by atoms with van der Waals surface area (Å²) in [5, 5.41) is 7.81. The zero-order valence-corrected chi connectivity index (χ0v) is 21.9. The van der Waals surface area contributed by atoms with E-state index in [1.54, 1.807) is 11.3 Å². The van der Waals surface area contributed by atoms with E-state index < -0.39 is 0 Å². The summed E-state index contributed by atoms with van der Waals surface area (Å²) in [4.78, 5) is 18.8. The predicted octanol–water partition coefficient (Wildman–Crippen LogP) is 4.41. The standard InChI is InChI=1S/C24H29BrN8S/c1-17-26-6-8-33(17)16-18-13-22(27-5-7-32-11-9-31(2)10-12-32)29-23(14-18)30-24-28-20-4-3-19(25)15-21(20)34-24/h3-4,6,8,13-15H,5,7,9-12,16H2,1-2H3,(H2,27,28,29,30). The lowest BCUT2D eigenvalue weighted by atomic mass is 10.2. The number of rotatable bonds is 8. The van der Waals surface area contributed by atoms with Crippen molar-refractivity contribution in [2.45, 2.75) is 13.5 Å². The molecular formula is C24H29BrN8S. The Bertz CT molecular complexity index is 1260. The van der Waals surface area contributed by atoms with Crippen molar-refractivity contribution in [2.24, 2.45) is 0 Å². The molecule has 8 nitrogen and oxygen atoms in total. The summed E-state index contributed by atoms with van der Waals surface area (Å²) in [7, 11) is 2.19. The molecular weight excluding hydrogens is 512 g/mol. The summed E-state index contributed by atoms with van der Waals surface area (Å²) in [5.74, 6) is 2.65. The van der Waals surface area contributed by atoms with Crippen LogP contribution in [0.2, 0.25) is 0 Å². The van der Waals surface area contributed by atoms with Gasteiger partial charge in [-0.05, 0) is 49.9 Å². The number of aromatic nitrogens is 4. The van der Waals surface area contributed by atoms with E-state index in [0.717, 1.165) is 88.7 Å². The number of pyridine rings is 1. The molecule has 0 aliphatic carbocycles. The van der Waals surface area contributed by atoms with Gasteiger partial charge < -0.3 is 20.1 Å². The molecule has 0 bridgehead atoms. The summed E-state index contributed by atoms with van der Waals surface area (Å²) in [6.45, 7) is 9.13. The fraction of sp³-hybridized carbons (Fsp3) is 0.375. The molecule has 1 saturated heterocycles. The van der Waals surface area contributed by atoms with Gasteiger partial charge in [-0.2, -0.15) is 0 Å². The maximum absolute atomic E-state index is 4.85. The molecule has 2 N–H and O–H groups in total. The Kier molecular flexibility index (Phi) is 7.10. The molecule has 0 saturated carbocycles. The van der Waals surface area contributed by atoms with E-state index in [1.807, 2.05) is 31.5 Å². The molecule has 0 spiro atoms. The van der Waals surface area contributed by atoms with Gasteiger partial charge in [0.15, 0.2) is 5.13 Å². The first-order chi connectivity index (χ1) is 16.5. The number of halogens is 1. The number of piperazine rings is 1. The molecule has 5 rings (SSSR count). The van der Waals surface area contributed by atoms with Crippen molar-refractivity contribution in [3.63, 3.8) is 0 Å². The van der Waals surface area contributed by atoms with E-state index in [0.29, 0.717) is 0 Å². The number of imidazole rings is 1. The van der Waals surface area contributed by atoms with Crippen molar-refractivity contribution in [1.82, 2.24) is 29.3 Å². The SMILES string of the molecule is Cc1nccn1Cc1cc(NCCN2CCN(C)CC2)nc(Nc2nc3ccc(Br)cc3s2)c1. The average molecular weight is 542 g/mol. The Morgan fingerprint density at radius 2 is 1.88 bits per heavy atom. The van der Waals surface area contributed by atoms with Crippen LogP contribution in [0.3, 0.4) is 0 Å². The highest BCUT2D eigenvalue weighted by Crippen LogP contribution is 2.30. The monoisotopic (exact) mass is 540 g/mol. The third-order valence-electron chi connectivity index (χ3n) is 6.08. The summed E-state index contributed by atoms with van der Waals surface area (Å²) in [5.41, 5.74) is 2.14. The first-order valence-electron chi connectivity index (χ1n) is 11.5. The summed E-state index contributed by atoms with van der Waals surface area (Å²) < 4.78 is 4.33. The third-order valence-corrected chi connectivity index (χ3v) is 7.50. The van der Waals surface area contributed by atoms with Gasteiger partial charge in [0.1, 0.15) is 17.5 Å². The number of likely N-dealkylation sites (N-methyl/N-ethyl adjacent to an activating group) is 1. The maximum Gasteiger partial charge on any atom is 0.189 e. The quantitative estimate of drug-likeness (QED) is 0.342. The van der Waals surface area contributed by atoms with Gasteiger partial charge in [0.05, 0.1) is 10.2 Å². The van der Waals surface area contributed by atoms with Gasteiger partial charge in [-0.3, -0.25) is 4.90 Å². The highest BCUT2D eigenvalue weighted by atomic mass is 79.9. The molecule has 1 aliphatic heterocycles. The molecule has 10 heteroatoms. The van der Waals surface area contributed by atoms with Crippen molar-refractivity contribution < 1.29 is 0 Å². The fourth-order valence-corrected chi connectivity index (χ4v) is 5.50. The van der Waals surface area contributed by atoms with Crippen molar-refractivity contribution in [2.75, 3.05) is 56.9 Å². The van der Waals surface area contributed by atoms with Crippen molar-refractivity contribution in [1.29, 1.82) is 0 Å². The van der Waals surface area contributed by atoms with Gasteiger partial charge in [0.2, 0.25) is 0 Å². The minimum Gasteiger partial charge on any atom is -0.369 e. The molecule has 4 heterocycles. The van der Waals surface area contributed by atoms with Crippen molar-refractivity contribution in [3.8, 4) is 0 Å². The van der Waals surface area contributed by atoms with E-state index in [4.69, 9.17) is 9.97 Å². The van der Waals surface area contributed by atoms with Crippen LogP contribution in [0.5, 0.6) is 0 Å². The summed E-state index contributed by atoms with van der Waals surface area (Å²) in [6, 6.07) is 10.4. The number of hydrogen-bond donors (Lipinski definition) is 2. The van der Waals surface area contributed by atoms with Crippen molar-refractivity contribution in [3.05, 3.63) is 58.6 Å². The lowest BCUT2D eigenvalue weighted by molar-refractivity contribution is 0.158. The molecule has 0 atom stereocenters. The first kappa shape index (κ1) is 23.2. The smallest absolute Gasteiger partial charge is 0.189 e. The minimum atomic E-state index is 0.739. The number of benzene rings is 1. The second kappa shape index (κ2) is 10.4. The van der Waals surface area contributed by atoms with Crippen LogP contribution in [-0.2, 0) is 6.54 Å². The van der Waals surface area contributed by atoms with E-state index in [-0.39, 0.29) is 0 Å². The van der Waals surface area contributed by atoms with E-state index in [1.165, 1.54) is 0 Å². The molecule has 178 valence electrons. The summed E-state index contributed by atoms with van der Waals surface area (Å²) >= 11 is 5.17. The molecule has 1 aromatic carbocycles. The minimum absolute atomic E-state index is 0.739. The largest absolute Gasteiger partial charge is 0.369 e. The molecule has 0 amide bonds. The van der Waals surface area contributed by atoms with Crippen LogP contribution in [-0.4, -0.2) is 75.6 Å². The van der Waals surface area contributed by atoms with Crippen LogP contribution in [0.15, 0.2) is 47.2 Å². The van der Waals surface area contributed by atoms with Crippen molar-refractivity contribution >= 4 is 54.3 Å². The maximum atomic E-state index is 4.85. The number of anilines is 3. The van der Waals surface area contributed by atoms with Crippen LogP contribution < -0.4 is 10.6 Å². The lowest BCUT2D eigenvalue weighted by Crippen LogP contribution is -2.45. The van der Waals surface area contributed by atoms with Crippen LogP contribution in [0.4, 0.5) is 16.8 Å². The Labute approximate surface area is 212 Å². The number of fused-ring (bicyclic) bond motifs is 1. The van der Waals surface area contributed by atoms with Crippen LogP contribution in [0.25, 0.3) is 10.2 Å². The highest BCUT2D eigenvalue weighted by molar-refractivity contribution is 9.10. The van der Waals surface area contributed by atoms with E-state index in [2.05, 4.69) is 71.2 Å². The Hall–Kier alpha value is -2.53. The fourth-order valence-electron chi connectivity index (χ4n) is 4.08. The molecule has 0 radical (unpaired) electrons. The van der Waals surface area contributed by atoms with Crippen LogP contribution in [0, 0.1) is 6.92 Å². The highest BCUT2D eigenvalue weighted by Gasteiger charge is 2.13. The number of hydrogen-bond acceptors (Lipinski definition) is 8. The molecule has 0 unspecified atom stereocenters. The Morgan fingerprint density at radius 3 is 2.68 bits per heavy atom. The first-order valence-corrected chi connectivity index (χ1v) is 13.1. The van der Waals surface area contributed by atoms with Gasteiger partial charge in [0.25, 0.3) is 0 Å². The van der Waals surface area contributed by atoms with Gasteiger partial charge in [-0.1, -0.05) is 27.3 Å². The third kappa shape index (κ3) is 5.75.